The Labute approximate surface area is 123 Å². The SMILES string of the molecule is COC(=O)CCNC(=O)C(C)Oc1ccc(Cl)c(C)c1. The minimum Gasteiger partial charge on any atom is -0.481 e. The van der Waals surface area contributed by atoms with Crippen molar-refractivity contribution in [3.8, 4) is 5.75 Å². The zero-order chi connectivity index (χ0) is 15.1. The van der Waals surface area contributed by atoms with Crippen LogP contribution in [0.25, 0.3) is 0 Å². The maximum Gasteiger partial charge on any atom is 0.307 e. The average molecular weight is 300 g/mol. The number of methoxy groups -OCH3 is 1. The first-order valence-electron chi connectivity index (χ1n) is 6.21. The number of benzene rings is 1. The molecule has 1 amide bonds. The number of rotatable bonds is 6. The predicted octanol–water partition coefficient (Wildman–Crippen LogP) is 2.10. The largest absolute Gasteiger partial charge is 0.481 e. The van der Waals surface area contributed by atoms with Crippen molar-refractivity contribution in [2.75, 3.05) is 13.7 Å². The van der Waals surface area contributed by atoms with E-state index in [-0.39, 0.29) is 24.8 Å². The Kier molecular flexibility index (Phi) is 6.31. The van der Waals surface area contributed by atoms with Gasteiger partial charge in [0.15, 0.2) is 6.10 Å². The lowest BCUT2D eigenvalue weighted by Gasteiger charge is -2.15. The van der Waals surface area contributed by atoms with Gasteiger partial charge in [0.1, 0.15) is 5.75 Å². The maximum absolute atomic E-state index is 11.8. The Morgan fingerprint density at radius 1 is 1.40 bits per heavy atom. The number of amides is 1. The van der Waals surface area contributed by atoms with E-state index in [0.717, 1.165) is 5.56 Å². The normalized spacial score (nSPS) is 11.6. The molecule has 0 aliphatic heterocycles. The van der Waals surface area contributed by atoms with Crippen LogP contribution in [-0.4, -0.2) is 31.6 Å². The molecule has 0 fully saturated rings. The highest BCUT2D eigenvalue weighted by atomic mass is 35.5. The molecule has 0 aromatic heterocycles. The highest BCUT2D eigenvalue weighted by Crippen LogP contribution is 2.21. The minimum absolute atomic E-state index is 0.134. The Balaban J connectivity index is 2.45. The fourth-order valence-electron chi connectivity index (χ4n) is 1.48. The van der Waals surface area contributed by atoms with Crippen molar-refractivity contribution in [3.63, 3.8) is 0 Å². The van der Waals surface area contributed by atoms with Crippen LogP contribution in [0.3, 0.4) is 0 Å². The summed E-state index contributed by atoms with van der Waals surface area (Å²) in [4.78, 5) is 22.7. The molecule has 1 rings (SSSR count). The summed E-state index contributed by atoms with van der Waals surface area (Å²) in [5.41, 5.74) is 0.877. The first kappa shape index (κ1) is 16.3. The number of carbonyl (C=O) groups is 2. The molecule has 110 valence electrons. The van der Waals surface area contributed by atoms with Gasteiger partial charge < -0.3 is 14.8 Å². The summed E-state index contributed by atoms with van der Waals surface area (Å²) in [5.74, 6) is -0.0868. The van der Waals surface area contributed by atoms with Crippen molar-refractivity contribution in [2.45, 2.75) is 26.4 Å². The molecule has 0 radical (unpaired) electrons. The number of nitrogens with one attached hydrogen (secondary N) is 1. The number of aryl methyl sites for hydroxylation is 1. The predicted molar refractivity (Wildman–Crippen MR) is 75.9 cm³/mol. The fraction of sp³-hybridized carbons (Fsp3) is 0.429. The quantitative estimate of drug-likeness (QED) is 0.817. The van der Waals surface area contributed by atoms with E-state index in [9.17, 15) is 9.59 Å². The maximum atomic E-state index is 11.8. The third kappa shape index (κ3) is 5.09. The third-order valence-corrected chi connectivity index (χ3v) is 3.09. The third-order valence-electron chi connectivity index (χ3n) is 2.67. The summed E-state index contributed by atoms with van der Waals surface area (Å²) in [6, 6.07) is 5.18. The van der Waals surface area contributed by atoms with E-state index in [2.05, 4.69) is 10.1 Å². The second-order valence-electron chi connectivity index (χ2n) is 4.29. The van der Waals surface area contributed by atoms with Crippen molar-refractivity contribution in [3.05, 3.63) is 28.8 Å². The van der Waals surface area contributed by atoms with Crippen LogP contribution >= 0.6 is 11.6 Å². The molecule has 1 aromatic carbocycles. The van der Waals surface area contributed by atoms with E-state index in [4.69, 9.17) is 16.3 Å². The number of ether oxygens (including phenoxy) is 2. The molecule has 1 aromatic rings. The molecule has 0 saturated carbocycles. The molecule has 1 N–H and O–H groups in total. The van der Waals surface area contributed by atoms with Crippen LogP contribution < -0.4 is 10.1 Å². The van der Waals surface area contributed by atoms with Gasteiger partial charge in [-0.15, -0.1) is 0 Å². The second kappa shape index (κ2) is 7.75. The van der Waals surface area contributed by atoms with Gasteiger partial charge in [-0.3, -0.25) is 9.59 Å². The van der Waals surface area contributed by atoms with Crippen LogP contribution in [-0.2, 0) is 14.3 Å². The van der Waals surface area contributed by atoms with Gasteiger partial charge in [-0.05, 0) is 37.6 Å². The average Bonchev–Trinajstić information content (AvgIpc) is 2.42. The van der Waals surface area contributed by atoms with Gasteiger partial charge in [0, 0.05) is 11.6 Å². The highest BCUT2D eigenvalue weighted by Gasteiger charge is 2.15. The molecule has 1 unspecified atom stereocenters. The van der Waals surface area contributed by atoms with E-state index in [0.29, 0.717) is 10.8 Å². The van der Waals surface area contributed by atoms with E-state index in [1.165, 1.54) is 7.11 Å². The molecule has 20 heavy (non-hydrogen) atoms. The van der Waals surface area contributed by atoms with Crippen LogP contribution in [0, 0.1) is 6.92 Å². The van der Waals surface area contributed by atoms with Crippen molar-refractivity contribution in [2.24, 2.45) is 0 Å². The lowest BCUT2D eigenvalue weighted by Crippen LogP contribution is -2.37. The van der Waals surface area contributed by atoms with Gasteiger partial charge >= 0.3 is 5.97 Å². The smallest absolute Gasteiger partial charge is 0.307 e. The Bertz CT molecular complexity index is 490. The van der Waals surface area contributed by atoms with Crippen molar-refractivity contribution >= 4 is 23.5 Å². The monoisotopic (exact) mass is 299 g/mol. The zero-order valence-electron chi connectivity index (χ0n) is 11.7. The first-order valence-corrected chi connectivity index (χ1v) is 6.59. The molecule has 0 aliphatic rings. The Morgan fingerprint density at radius 3 is 2.70 bits per heavy atom. The molecular weight excluding hydrogens is 282 g/mol. The van der Waals surface area contributed by atoms with Gasteiger partial charge in [0.05, 0.1) is 13.5 Å². The van der Waals surface area contributed by atoms with Crippen molar-refractivity contribution in [1.82, 2.24) is 5.32 Å². The summed E-state index contributed by atoms with van der Waals surface area (Å²) in [6.45, 7) is 3.71. The van der Waals surface area contributed by atoms with Gasteiger partial charge in [0.2, 0.25) is 0 Å². The number of carbonyl (C=O) groups excluding carboxylic acids is 2. The summed E-state index contributed by atoms with van der Waals surface area (Å²) >= 11 is 5.91. The highest BCUT2D eigenvalue weighted by molar-refractivity contribution is 6.31. The molecule has 0 bridgehead atoms. The van der Waals surface area contributed by atoms with Gasteiger partial charge in [-0.1, -0.05) is 11.6 Å². The summed E-state index contributed by atoms with van der Waals surface area (Å²) < 4.78 is 9.99. The number of hydrogen-bond acceptors (Lipinski definition) is 4. The molecule has 0 spiro atoms. The summed E-state index contributed by atoms with van der Waals surface area (Å²) in [6.07, 6.45) is -0.525. The first-order chi connectivity index (χ1) is 9.43. The van der Waals surface area contributed by atoms with Crippen molar-refractivity contribution in [1.29, 1.82) is 0 Å². The van der Waals surface area contributed by atoms with Gasteiger partial charge in [-0.25, -0.2) is 0 Å². The minimum atomic E-state index is -0.659. The van der Waals surface area contributed by atoms with E-state index >= 15 is 0 Å². The van der Waals surface area contributed by atoms with Crippen LogP contribution in [0.4, 0.5) is 0 Å². The van der Waals surface area contributed by atoms with Crippen LogP contribution in [0.15, 0.2) is 18.2 Å². The summed E-state index contributed by atoms with van der Waals surface area (Å²) in [7, 11) is 1.30. The number of halogens is 1. The lowest BCUT2D eigenvalue weighted by molar-refractivity contribution is -0.140. The van der Waals surface area contributed by atoms with Crippen LogP contribution in [0.1, 0.15) is 18.9 Å². The number of hydrogen-bond donors (Lipinski definition) is 1. The number of esters is 1. The van der Waals surface area contributed by atoms with E-state index in [1.807, 2.05) is 6.92 Å². The van der Waals surface area contributed by atoms with Gasteiger partial charge in [-0.2, -0.15) is 0 Å². The molecule has 0 aliphatic carbocycles. The van der Waals surface area contributed by atoms with Crippen molar-refractivity contribution < 1.29 is 19.1 Å². The molecule has 6 heteroatoms. The molecule has 1 atom stereocenters. The van der Waals surface area contributed by atoms with Gasteiger partial charge in [0.25, 0.3) is 5.91 Å². The molecule has 5 nitrogen and oxygen atoms in total. The molecule has 0 saturated heterocycles. The Hall–Kier alpha value is -1.75. The standard InChI is InChI=1S/C14H18ClNO4/c1-9-8-11(4-5-12(9)15)20-10(2)14(18)16-7-6-13(17)19-3/h4-5,8,10H,6-7H2,1-3H3,(H,16,18). The lowest BCUT2D eigenvalue weighted by atomic mass is 10.2. The fourth-order valence-corrected chi connectivity index (χ4v) is 1.60. The van der Waals surface area contributed by atoms with E-state index in [1.54, 1.807) is 25.1 Å². The zero-order valence-corrected chi connectivity index (χ0v) is 12.5. The molecule has 0 heterocycles. The summed E-state index contributed by atoms with van der Waals surface area (Å²) in [5, 5.41) is 3.25. The topological polar surface area (TPSA) is 64.6 Å². The van der Waals surface area contributed by atoms with Crippen LogP contribution in [0.2, 0.25) is 5.02 Å². The molecular formula is C14H18ClNO4. The Morgan fingerprint density at radius 2 is 2.10 bits per heavy atom. The van der Waals surface area contributed by atoms with E-state index < -0.39 is 6.10 Å². The van der Waals surface area contributed by atoms with Crippen LogP contribution in [0.5, 0.6) is 5.75 Å². The second-order valence-corrected chi connectivity index (χ2v) is 4.70.